The number of carbonyl (C=O) groups is 2. The number of methoxy groups -OCH3 is 1. The largest absolute Gasteiger partial charge is 0.495 e. The van der Waals surface area contributed by atoms with Crippen LogP contribution in [0.25, 0.3) is 0 Å². The first-order chi connectivity index (χ1) is 18.8. The Labute approximate surface area is 247 Å². The van der Waals surface area contributed by atoms with Gasteiger partial charge in [-0.2, -0.15) is 0 Å². The third kappa shape index (κ3) is 7.81. The van der Waals surface area contributed by atoms with Crippen molar-refractivity contribution < 1.29 is 19.4 Å². The van der Waals surface area contributed by atoms with Gasteiger partial charge in [-0.3, -0.25) is 9.59 Å². The second-order valence-electron chi connectivity index (χ2n) is 11.1. The van der Waals surface area contributed by atoms with E-state index in [1.807, 2.05) is 58.9 Å². The number of nitrogens with zero attached hydrogens (tertiary/aromatic N) is 1. The van der Waals surface area contributed by atoms with Crippen molar-refractivity contribution in [1.82, 2.24) is 0 Å². The first-order valence-corrected chi connectivity index (χ1v) is 13.8. The van der Waals surface area contributed by atoms with Crippen LogP contribution >= 0.6 is 23.2 Å². The van der Waals surface area contributed by atoms with Crippen LogP contribution < -0.4 is 9.64 Å². The molecular weight excluding hydrogens is 545 g/mol. The maximum atomic E-state index is 13.4. The summed E-state index contributed by atoms with van der Waals surface area (Å²) in [6.45, 7) is 10.2. The van der Waals surface area contributed by atoms with Crippen molar-refractivity contribution in [3.8, 4) is 17.6 Å². The van der Waals surface area contributed by atoms with Crippen LogP contribution in [0.4, 0.5) is 5.69 Å². The molecule has 1 N–H and O–H groups in total. The van der Waals surface area contributed by atoms with Crippen molar-refractivity contribution >= 4 is 40.8 Å². The molecule has 1 amide bonds. The van der Waals surface area contributed by atoms with E-state index in [-0.39, 0.29) is 18.2 Å². The molecule has 3 aromatic carbocycles. The number of halogens is 2. The molecule has 7 heteroatoms. The molecule has 1 unspecified atom stereocenters. The first-order valence-electron chi connectivity index (χ1n) is 13.1. The van der Waals surface area contributed by atoms with E-state index >= 15 is 0 Å². The van der Waals surface area contributed by atoms with E-state index in [0.717, 1.165) is 11.1 Å². The van der Waals surface area contributed by atoms with Gasteiger partial charge in [-0.1, -0.05) is 93.9 Å². The Morgan fingerprint density at radius 2 is 1.60 bits per heavy atom. The van der Waals surface area contributed by atoms with E-state index in [1.54, 1.807) is 48.4 Å². The second-order valence-corrected chi connectivity index (χ2v) is 11.9. The number of aliphatic carboxylic acids is 1. The second kappa shape index (κ2) is 13.3. The summed E-state index contributed by atoms with van der Waals surface area (Å²) in [5.41, 5.74) is 2.70. The standard InChI is InChI=1S/C33H35Cl2NO4/c1-21(2)20-36(32(39)33(3,4)5)29-19-24(15-17-30(29)40-6)26(31(37)38)18-23-12-10-22(11-13-23)14-16-25-27(34)8-7-9-28(25)35/h7-13,15,17,19,21,26H,18,20H2,1-6H3,(H,37,38). The Hall–Kier alpha value is -3.46. The van der Waals surface area contributed by atoms with E-state index in [0.29, 0.717) is 39.2 Å². The van der Waals surface area contributed by atoms with Crippen LogP contribution in [0.3, 0.4) is 0 Å². The predicted octanol–water partition coefficient (Wildman–Crippen LogP) is 7.85. The highest BCUT2D eigenvalue weighted by atomic mass is 35.5. The minimum absolute atomic E-state index is 0.0571. The monoisotopic (exact) mass is 579 g/mol. The Morgan fingerprint density at radius 3 is 2.12 bits per heavy atom. The molecule has 40 heavy (non-hydrogen) atoms. The molecule has 0 spiro atoms. The van der Waals surface area contributed by atoms with Gasteiger partial charge < -0.3 is 14.7 Å². The molecule has 3 aromatic rings. The number of benzene rings is 3. The number of carboxylic acid groups (broad SMARTS) is 1. The number of ether oxygens (including phenoxy) is 1. The predicted molar refractivity (Wildman–Crippen MR) is 163 cm³/mol. The summed E-state index contributed by atoms with van der Waals surface area (Å²) in [6.07, 6.45) is 0.266. The number of hydrogen-bond acceptors (Lipinski definition) is 3. The van der Waals surface area contributed by atoms with Crippen LogP contribution in [0.5, 0.6) is 5.75 Å². The lowest BCUT2D eigenvalue weighted by molar-refractivity contribution is -0.138. The molecule has 0 fully saturated rings. The van der Waals surface area contributed by atoms with E-state index < -0.39 is 17.3 Å². The molecule has 5 nitrogen and oxygen atoms in total. The maximum Gasteiger partial charge on any atom is 0.311 e. The maximum absolute atomic E-state index is 13.4. The molecule has 0 saturated carbocycles. The Kier molecular flexibility index (Phi) is 10.3. The van der Waals surface area contributed by atoms with Gasteiger partial charge in [0.25, 0.3) is 0 Å². The summed E-state index contributed by atoms with van der Waals surface area (Å²) in [5.74, 6) is 4.96. The molecule has 3 rings (SSSR count). The topological polar surface area (TPSA) is 66.8 Å². The van der Waals surface area contributed by atoms with E-state index in [1.165, 1.54) is 0 Å². The minimum atomic E-state index is -0.953. The van der Waals surface area contributed by atoms with Crippen molar-refractivity contribution in [1.29, 1.82) is 0 Å². The molecule has 0 aliphatic carbocycles. The van der Waals surface area contributed by atoms with Crippen LogP contribution in [0.2, 0.25) is 10.0 Å². The molecular formula is C33H35Cl2NO4. The number of anilines is 1. The average Bonchev–Trinajstić information content (AvgIpc) is 2.89. The Morgan fingerprint density at radius 1 is 0.975 bits per heavy atom. The van der Waals surface area contributed by atoms with Gasteiger partial charge in [0.1, 0.15) is 5.75 Å². The number of amides is 1. The zero-order valence-electron chi connectivity index (χ0n) is 23.7. The van der Waals surface area contributed by atoms with Crippen molar-refractivity contribution in [3.05, 3.63) is 93.0 Å². The summed E-state index contributed by atoms with van der Waals surface area (Å²) in [7, 11) is 1.55. The summed E-state index contributed by atoms with van der Waals surface area (Å²) >= 11 is 12.4. The van der Waals surface area contributed by atoms with Gasteiger partial charge in [-0.15, -0.1) is 0 Å². The average molecular weight is 581 g/mol. The molecule has 0 aliphatic heterocycles. The van der Waals surface area contributed by atoms with Gasteiger partial charge in [0.2, 0.25) is 5.91 Å². The van der Waals surface area contributed by atoms with Gasteiger partial charge in [0, 0.05) is 17.5 Å². The molecule has 0 saturated heterocycles. The fraction of sp³-hybridized carbons (Fsp3) is 0.333. The van der Waals surface area contributed by atoms with E-state index in [4.69, 9.17) is 27.9 Å². The van der Waals surface area contributed by atoms with Crippen LogP contribution in [0, 0.1) is 23.2 Å². The van der Waals surface area contributed by atoms with Crippen LogP contribution in [0.15, 0.2) is 60.7 Å². The lowest BCUT2D eigenvalue weighted by atomic mass is 9.90. The SMILES string of the molecule is COc1ccc(C(Cc2ccc(C#Cc3c(Cl)cccc3Cl)cc2)C(=O)O)cc1N(CC(C)C)C(=O)C(C)(C)C. The third-order valence-corrected chi connectivity index (χ3v) is 6.95. The van der Waals surface area contributed by atoms with Gasteiger partial charge in [0.05, 0.1) is 34.3 Å². The van der Waals surface area contributed by atoms with Gasteiger partial charge in [-0.05, 0) is 59.9 Å². The third-order valence-electron chi connectivity index (χ3n) is 6.32. The lowest BCUT2D eigenvalue weighted by Gasteiger charge is -2.32. The van der Waals surface area contributed by atoms with Crippen molar-refractivity contribution in [2.45, 2.75) is 47.0 Å². The molecule has 0 radical (unpaired) electrons. The van der Waals surface area contributed by atoms with Crippen LogP contribution in [-0.2, 0) is 16.0 Å². The molecule has 210 valence electrons. The van der Waals surface area contributed by atoms with Crippen molar-refractivity contribution in [2.75, 3.05) is 18.6 Å². The number of hydrogen-bond donors (Lipinski definition) is 1. The minimum Gasteiger partial charge on any atom is -0.495 e. The zero-order valence-corrected chi connectivity index (χ0v) is 25.2. The molecule has 0 heterocycles. The highest BCUT2D eigenvalue weighted by molar-refractivity contribution is 6.36. The van der Waals surface area contributed by atoms with Crippen molar-refractivity contribution in [2.24, 2.45) is 11.3 Å². The quantitative estimate of drug-likeness (QED) is 0.276. The smallest absolute Gasteiger partial charge is 0.311 e. The summed E-state index contributed by atoms with van der Waals surface area (Å²) in [6, 6.07) is 17.9. The van der Waals surface area contributed by atoms with Crippen molar-refractivity contribution in [3.63, 3.8) is 0 Å². The molecule has 1 atom stereocenters. The number of carboxylic acids is 1. The number of rotatable bonds is 8. The normalized spacial score (nSPS) is 11.9. The molecule has 0 bridgehead atoms. The van der Waals surface area contributed by atoms with Gasteiger partial charge in [-0.25, -0.2) is 0 Å². The van der Waals surface area contributed by atoms with Crippen LogP contribution in [0.1, 0.15) is 62.8 Å². The number of carbonyl (C=O) groups excluding carboxylic acids is 1. The Bertz CT molecular complexity index is 1410. The summed E-state index contributed by atoms with van der Waals surface area (Å²) in [4.78, 5) is 27.6. The highest BCUT2D eigenvalue weighted by Gasteiger charge is 2.31. The highest BCUT2D eigenvalue weighted by Crippen LogP contribution is 2.36. The fourth-order valence-electron chi connectivity index (χ4n) is 4.25. The van der Waals surface area contributed by atoms with E-state index in [9.17, 15) is 14.7 Å². The van der Waals surface area contributed by atoms with E-state index in [2.05, 4.69) is 11.8 Å². The first kappa shape index (κ1) is 31.1. The summed E-state index contributed by atoms with van der Waals surface area (Å²) < 4.78 is 5.60. The Balaban J connectivity index is 1.93. The lowest BCUT2D eigenvalue weighted by Crippen LogP contribution is -2.42. The van der Waals surface area contributed by atoms with Gasteiger partial charge in [0.15, 0.2) is 0 Å². The molecule has 0 aliphatic rings. The van der Waals surface area contributed by atoms with Gasteiger partial charge >= 0.3 is 5.97 Å². The molecule has 0 aromatic heterocycles. The van der Waals surface area contributed by atoms with Crippen LogP contribution in [-0.4, -0.2) is 30.6 Å². The fourth-order valence-corrected chi connectivity index (χ4v) is 4.75. The summed E-state index contributed by atoms with van der Waals surface area (Å²) in [5, 5.41) is 11.2. The zero-order chi connectivity index (χ0) is 29.6.